The number of benzene rings is 3. The van der Waals surface area contributed by atoms with E-state index in [1.807, 2.05) is 19.9 Å². The second kappa shape index (κ2) is 7.76. The molecule has 0 saturated carbocycles. The molecule has 0 saturated heterocycles. The van der Waals surface area contributed by atoms with Crippen LogP contribution in [0.25, 0.3) is 0 Å². The molecule has 4 nitrogen and oxygen atoms in total. The fourth-order valence-corrected chi connectivity index (χ4v) is 3.89. The van der Waals surface area contributed by atoms with Crippen molar-refractivity contribution in [3.05, 3.63) is 82.9 Å². The van der Waals surface area contributed by atoms with E-state index in [1.165, 1.54) is 23.9 Å². The summed E-state index contributed by atoms with van der Waals surface area (Å²) in [6.07, 6.45) is 0. The molecule has 3 rings (SSSR count). The summed E-state index contributed by atoms with van der Waals surface area (Å²) in [7, 11) is 0. The van der Waals surface area contributed by atoms with Gasteiger partial charge in [-0.05, 0) is 73.0 Å². The maximum atomic E-state index is 13.2. The van der Waals surface area contributed by atoms with Gasteiger partial charge in [-0.1, -0.05) is 18.2 Å². The van der Waals surface area contributed by atoms with Gasteiger partial charge in [0.1, 0.15) is 17.2 Å². The maximum absolute atomic E-state index is 13.2. The molecule has 0 aliphatic rings. The number of carbonyl (C=O) groups excluding carboxylic acids is 1. The number of Topliss-reactive ketones (excluding diaryl/α,β-unsaturated/α-hetero) is 1. The highest BCUT2D eigenvalue weighted by atomic mass is 32.2. The highest BCUT2D eigenvalue weighted by Crippen LogP contribution is 2.43. The Bertz CT molecular complexity index is 985. The van der Waals surface area contributed by atoms with Crippen LogP contribution in [0.2, 0.25) is 0 Å². The molecule has 1 unspecified atom stereocenters. The van der Waals surface area contributed by atoms with Gasteiger partial charge in [-0.25, -0.2) is 0 Å². The van der Waals surface area contributed by atoms with E-state index < -0.39 is 5.25 Å². The van der Waals surface area contributed by atoms with Crippen LogP contribution in [0.3, 0.4) is 0 Å². The molecule has 5 heteroatoms. The molecule has 0 radical (unpaired) electrons. The van der Waals surface area contributed by atoms with Crippen LogP contribution in [0.4, 0.5) is 0 Å². The molecule has 3 aromatic carbocycles. The Hall–Kier alpha value is -2.92. The van der Waals surface area contributed by atoms with Gasteiger partial charge in [0.2, 0.25) is 0 Å². The zero-order valence-electron chi connectivity index (χ0n) is 16.0. The number of hydrogen-bond acceptors (Lipinski definition) is 5. The molecule has 1 atom stereocenters. The average Bonchev–Trinajstić information content (AvgIpc) is 2.72. The molecule has 0 fully saturated rings. The minimum absolute atomic E-state index is 0.0875. The Morgan fingerprint density at radius 2 is 1.56 bits per heavy atom. The molecule has 3 aromatic rings. The van der Waals surface area contributed by atoms with E-state index in [-0.39, 0.29) is 17.3 Å². The number of aryl methyl sites for hydroxylation is 1. The van der Waals surface area contributed by atoms with Crippen molar-refractivity contribution in [3.8, 4) is 17.2 Å². The van der Waals surface area contributed by atoms with Crippen molar-refractivity contribution < 1.29 is 20.1 Å². The van der Waals surface area contributed by atoms with Crippen LogP contribution in [-0.4, -0.2) is 22.5 Å². The Kier molecular flexibility index (Phi) is 5.03. The first-order chi connectivity index (χ1) is 13.4. The highest BCUT2D eigenvalue weighted by molar-refractivity contribution is 8.00. The summed E-state index contributed by atoms with van der Waals surface area (Å²) in [5.41, 5.74) is 2.93. The fourth-order valence-electron chi connectivity index (χ4n) is 2.69. The largest absolute Gasteiger partial charge is 0.508 e. The number of thioether (sulfide) groups is 1. The van der Waals surface area contributed by atoms with Crippen LogP contribution in [0, 0.1) is 13.8 Å². The summed E-state index contributed by atoms with van der Waals surface area (Å²) < 4.78 is 6.98. The van der Waals surface area contributed by atoms with Gasteiger partial charge in [-0.15, -0.1) is 11.8 Å². The summed E-state index contributed by atoms with van der Waals surface area (Å²) >= 11 is 1.26. The number of carbonyl (C=O) groups is 1. The average molecular weight is 382 g/mol. The van der Waals surface area contributed by atoms with E-state index in [0.717, 1.165) is 16.7 Å². The molecule has 0 aromatic heterocycles. The third kappa shape index (κ3) is 4.09. The summed E-state index contributed by atoms with van der Waals surface area (Å²) in [5, 5.41) is 23.9. The van der Waals surface area contributed by atoms with Crippen molar-refractivity contribution >= 4 is 17.5 Å². The first-order valence-corrected chi connectivity index (χ1v) is 9.31. The van der Waals surface area contributed by atoms with Gasteiger partial charge < -0.3 is 15.3 Å². The number of hydrogen-bond donors (Lipinski definition) is 3. The summed E-state index contributed by atoms with van der Waals surface area (Å²) in [4.78, 5) is 13.8. The van der Waals surface area contributed by atoms with E-state index in [2.05, 4.69) is 5.11 Å². The lowest BCUT2D eigenvalue weighted by Gasteiger charge is -2.18. The Morgan fingerprint density at radius 3 is 2.19 bits per heavy atom. The number of phenols is 3. The Balaban J connectivity index is 2.02. The molecule has 0 aliphatic heterocycles. The molecule has 0 heterocycles. The number of ketones is 1. The molecular formula is C22H20O4S. The first kappa shape index (κ1) is 17.5. The first-order valence-electron chi connectivity index (χ1n) is 8.83. The van der Waals surface area contributed by atoms with E-state index in [1.54, 1.807) is 42.5 Å². The number of aromatic hydroxyl groups is 3. The zero-order chi connectivity index (χ0) is 20.3. The molecule has 27 heavy (non-hydrogen) atoms. The van der Waals surface area contributed by atoms with Crippen molar-refractivity contribution in [3.63, 3.8) is 0 Å². The third-order valence-corrected chi connectivity index (χ3v) is 5.79. The van der Waals surface area contributed by atoms with E-state index in [0.29, 0.717) is 16.2 Å². The summed E-state index contributed by atoms with van der Waals surface area (Å²) in [6.45, 7) is 3.76. The van der Waals surface area contributed by atoms with E-state index >= 15 is 0 Å². The van der Waals surface area contributed by atoms with Gasteiger partial charge in [-0.3, -0.25) is 4.79 Å². The molecule has 0 bridgehead atoms. The Morgan fingerprint density at radius 1 is 0.926 bits per heavy atom. The minimum atomic E-state index is -0.614. The molecular weight excluding hydrogens is 360 g/mol. The van der Waals surface area contributed by atoms with Gasteiger partial charge in [0.25, 0.3) is 1.43 Å². The zero-order valence-corrected chi connectivity index (χ0v) is 15.8. The van der Waals surface area contributed by atoms with Crippen LogP contribution in [0.5, 0.6) is 17.2 Å². The molecule has 0 amide bonds. The molecule has 0 aliphatic carbocycles. The van der Waals surface area contributed by atoms with Crippen molar-refractivity contribution in [2.24, 2.45) is 0 Å². The van der Waals surface area contributed by atoms with E-state index in [4.69, 9.17) is 1.43 Å². The quantitative estimate of drug-likeness (QED) is 0.407. The summed E-state index contributed by atoms with van der Waals surface area (Å²) in [6, 6.07) is 16.5. The molecule has 0 spiro atoms. The SMILES string of the molecule is [3H]Oc1ccc(C(Sc2ccc(C)c(C)c2O)C(=O)c2ccc(O)cc2)cc1. The van der Waals surface area contributed by atoms with Crippen LogP contribution in [-0.2, 0) is 0 Å². The maximum Gasteiger partial charge on any atom is 0.293 e. The minimum Gasteiger partial charge on any atom is -0.508 e. The van der Waals surface area contributed by atoms with E-state index in [9.17, 15) is 15.0 Å². The predicted molar refractivity (Wildman–Crippen MR) is 107 cm³/mol. The van der Waals surface area contributed by atoms with Crippen LogP contribution < -0.4 is 0 Å². The second-order valence-electron chi connectivity index (χ2n) is 6.33. The van der Waals surface area contributed by atoms with Gasteiger partial charge in [0, 0.05) is 5.56 Å². The third-order valence-electron chi connectivity index (χ3n) is 4.48. The monoisotopic (exact) mass is 382 g/mol. The fraction of sp³-hybridized carbons (Fsp3) is 0.136. The molecule has 3 N–H and O–H groups in total. The lowest BCUT2D eigenvalue weighted by Crippen LogP contribution is -2.10. The van der Waals surface area contributed by atoms with Crippen molar-refractivity contribution in [2.45, 2.75) is 24.0 Å². The van der Waals surface area contributed by atoms with Gasteiger partial charge in [0.05, 0.1) is 10.1 Å². The lowest BCUT2D eigenvalue weighted by molar-refractivity contribution is 0.0989. The van der Waals surface area contributed by atoms with Crippen molar-refractivity contribution in [2.75, 3.05) is 0 Å². The lowest BCUT2D eigenvalue weighted by atomic mass is 10.0. The van der Waals surface area contributed by atoms with Crippen LogP contribution in [0.1, 0.15) is 32.3 Å². The normalized spacial score (nSPS) is 12.3. The van der Waals surface area contributed by atoms with Gasteiger partial charge >= 0.3 is 0 Å². The van der Waals surface area contributed by atoms with Crippen LogP contribution in [0.15, 0.2) is 65.6 Å². The van der Waals surface area contributed by atoms with Gasteiger partial charge in [0.15, 0.2) is 5.78 Å². The molecule has 138 valence electrons. The highest BCUT2D eigenvalue weighted by Gasteiger charge is 2.25. The number of rotatable bonds is 6. The van der Waals surface area contributed by atoms with Crippen molar-refractivity contribution in [1.29, 1.82) is 1.43 Å². The van der Waals surface area contributed by atoms with Crippen molar-refractivity contribution in [1.82, 2.24) is 0 Å². The predicted octanol–water partition coefficient (Wildman–Crippen LogP) is 5.14. The topological polar surface area (TPSA) is 77.8 Å². The van der Waals surface area contributed by atoms with Crippen LogP contribution >= 0.6 is 11.8 Å². The van der Waals surface area contributed by atoms with Gasteiger partial charge in [-0.2, -0.15) is 0 Å². The second-order valence-corrected chi connectivity index (χ2v) is 7.48. The standard InChI is InChI=1S/C22H20O4S/c1-13-3-12-19(20(25)14(13)2)27-22(16-6-10-18(24)11-7-16)21(26)15-4-8-17(23)9-5-15/h3-12,22-25H,1-2H3/i/hT. The number of phenolic OH excluding ortho intramolecular Hbond substituents is 3. The Labute approximate surface area is 163 Å². The smallest absolute Gasteiger partial charge is 0.293 e. The summed E-state index contributed by atoms with van der Waals surface area (Å²) in [5.74, 6) is 0.477.